The lowest BCUT2D eigenvalue weighted by Gasteiger charge is -2.24. The lowest BCUT2D eigenvalue weighted by atomic mass is 10.1. The summed E-state index contributed by atoms with van der Waals surface area (Å²) in [5.41, 5.74) is 0. The maximum Gasteiger partial charge on any atom is 0.322 e. The van der Waals surface area contributed by atoms with Crippen LogP contribution in [0.2, 0.25) is 0 Å². The van der Waals surface area contributed by atoms with Gasteiger partial charge in [-0.15, -0.1) is 11.3 Å². The number of nitrogens with one attached hydrogen (secondary N) is 2. The van der Waals surface area contributed by atoms with E-state index in [1.54, 1.807) is 11.3 Å². The second kappa shape index (κ2) is 5.24. The number of nitrogens with zero attached hydrogens (tertiary/aromatic N) is 1. The summed E-state index contributed by atoms with van der Waals surface area (Å²) >= 11 is 1.64. The van der Waals surface area contributed by atoms with Crippen molar-refractivity contribution in [1.82, 2.24) is 15.5 Å². The quantitative estimate of drug-likeness (QED) is 0.816. The van der Waals surface area contributed by atoms with Crippen molar-refractivity contribution < 1.29 is 14.4 Å². The fourth-order valence-corrected chi connectivity index (χ4v) is 3.61. The summed E-state index contributed by atoms with van der Waals surface area (Å²) in [4.78, 5) is 37.9. The first-order valence-electron chi connectivity index (χ1n) is 6.59. The van der Waals surface area contributed by atoms with E-state index in [9.17, 15) is 14.4 Å². The first-order valence-corrected chi connectivity index (χ1v) is 7.47. The van der Waals surface area contributed by atoms with Gasteiger partial charge in [0.1, 0.15) is 6.04 Å². The van der Waals surface area contributed by atoms with Crippen LogP contribution in [0.1, 0.15) is 30.2 Å². The summed E-state index contributed by atoms with van der Waals surface area (Å²) < 4.78 is 0. The number of urea groups is 1. The number of thiophene rings is 1. The van der Waals surface area contributed by atoms with Crippen LogP contribution in [-0.4, -0.2) is 35.3 Å². The Bertz CT molecular complexity index is 543. The van der Waals surface area contributed by atoms with E-state index in [0.29, 0.717) is 6.54 Å². The molecule has 0 spiro atoms. The minimum Gasteiger partial charge on any atom is -0.335 e. The van der Waals surface area contributed by atoms with Crippen LogP contribution >= 0.6 is 11.3 Å². The SMILES string of the molecule is O=C1NC(=O)[C@H](CC(=O)N2CCC[C@@H]2c2cccs2)N1. The number of carbonyl (C=O) groups excluding carboxylic acids is 3. The molecule has 1 aromatic rings. The second-order valence-electron chi connectivity index (χ2n) is 4.98. The van der Waals surface area contributed by atoms with Crippen LogP contribution in [-0.2, 0) is 9.59 Å². The molecule has 3 heterocycles. The van der Waals surface area contributed by atoms with Crippen LogP contribution < -0.4 is 10.6 Å². The summed E-state index contributed by atoms with van der Waals surface area (Å²) in [6.45, 7) is 0.712. The van der Waals surface area contributed by atoms with E-state index >= 15 is 0 Å². The van der Waals surface area contributed by atoms with Crippen LogP contribution in [0.3, 0.4) is 0 Å². The highest BCUT2D eigenvalue weighted by Gasteiger charge is 2.36. The summed E-state index contributed by atoms with van der Waals surface area (Å²) in [6, 6.07) is 2.86. The fraction of sp³-hybridized carbons (Fsp3) is 0.462. The number of hydrogen-bond acceptors (Lipinski definition) is 4. The molecule has 20 heavy (non-hydrogen) atoms. The van der Waals surface area contributed by atoms with Crippen molar-refractivity contribution >= 4 is 29.2 Å². The standard InChI is InChI=1S/C13H15N3O3S/c17-11(7-8-12(18)15-13(19)14-8)16-5-1-3-9(16)10-4-2-6-20-10/h2,4,6,8-9H,1,3,5,7H2,(H2,14,15,18,19)/t8-,9+/m0/s1. The van der Waals surface area contributed by atoms with Gasteiger partial charge < -0.3 is 10.2 Å². The monoisotopic (exact) mass is 293 g/mol. The molecule has 7 heteroatoms. The highest BCUT2D eigenvalue weighted by atomic mass is 32.1. The van der Waals surface area contributed by atoms with Gasteiger partial charge in [0.25, 0.3) is 5.91 Å². The van der Waals surface area contributed by atoms with Gasteiger partial charge >= 0.3 is 6.03 Å². The van der Waals surface area contributed by atoms with Gasteiger partial charge in [0, 0.05) is 11.4 Å². The predicted molar refractivity (Wildman–Crippen MR) is 73.1 cm³/mol. The van der Waals surface area contributed by atoms with Gasteiger partial charge in [0.2, 0.25) is 5.91 Å². The summed E-state index contributed by atoms with van der Waals surface area (Å²) in [6.07, 6.45) is 1.95. The van der Waals surface area contributed by atoms with Gasteiger partial charge in [-0.1, -0.05) is 6.07 Å². The van der Waals surface area contributed by atoms with Crippen molar-refractivity contribution in [2.24, 2.45) is 0 Å². The highest BCUT2D eigenvalue weighted by molar-refractivity contribution is 7.10. The highest BCUT2D eigenvalue weighted by Crippen LogP contribution is 2.34. The molecule has 2 aliphatic rings. The molecule has 0 unspecified atom stereocenters. The molecule has 2 atom stereocenters. The van der Waals surface area contributed by atoms with E-state index in [4.69, 9.17) is 0 Å². The average molecular weight is 293 g/mol. The molecule has 0 radical (unpaired) electrons. The third-order valence-electron chi connectivity index (χ3n) is 3.68. The number of hydrogen-bond donors (Lipinski definition) is 2. The molecular formula is C13H15N3O3S. The van der Waals surface area contributed by atoms with Crippen LogP contribution in [0, 0.1) is 0 Å². The first kappa shape index (κ1) is 13.1. The van der Waals surface area contributed by atoms with Crippen molar-refractivity contribution in [2.75, 3.05) is 6.54 Å². The molecule has 0 aromatic carbocycles. The minimum absolute atomic E-state index is 0.0272. The van der Waals surface area contributed by atoms with Crippen LogP contribution in [0.5, 0.6) is 0 Å². The fourth-order valence-electron chi connectivity index (χ4n) is 2.74. The molecule has 3 rings (SSSR count). The van der Waals surface area contributed by atoms with Crippen molar-refractivity contribution in [3.63, 3.8) is 0 Å². The predicted octanol–water partition coefficient (Wildman–Crippen LogP) is 1.01. The zero-order valence-corrected chi connectivity index (χ0v) is 11.6. The Labute approximate surface area is 120 Å². The van der Waals surface area contributed by atoms with Crippen molar-refractivity contribution in [3.8, 4) is 0 Å². The van der Waals surface area contributed by atoms with E-state index in [1.807, 2.05) is 22.4 Å². The third kappa shape index (κ3) is 2.40. The second-order valence-corrected chi connectivity index (χ2v) is 5.96. The van der Waals surface area contributed by atoms with Gasteiger partial charge in [-0.2, -0.15) is 0 Å². The van der Waals surface area contributed by atoms with Gasteiger partial charge in [0.15, 0.2) is 0 Å². The minimum atomic E-state index is -0.736. The Morgan fingerprint density at radius 3 is 2.95 bits per heavy atom. The van der Waals surface area contributed by atoms with Gasteiger partial charge in [-0.25, -0.2) is 4.79 Å². The average Bonchev–Trinajstić information content (AvgIpc) is 3.11. The summed E-state index contributed by atoms with van der Waals surface area (Å²) in [5.74, 6) is -0.501. The molecule has 2 saturated heterocycles. The topological polar surface area (TPSA) is 78.5 Å². The number of imide groups is 1. The Balaban J connectivity index is 1.67. The number of carbonyl (C=O) groups is 3. The van der Waals surface area contributed by atoms with Gasteiger partial charge in [0.05, 0.1) is 12.5 Å². The van der Waals surface area contributed by atoms with E-state index in [2.05, 4.69) is 10.6 Å². The van der Waals surface area contributed by atoms with Gasteiger partial charge in [-0.3, -0.25) is 14.9 Å². The van der Waals surface area contributed by atoms with Crippen molar-refractivity contribution in [3.05, 3.63) is 22.4 Å². The number of amides is 4. The Hall–Kier alpha value is -1.89. The first-order chi connectivity index (χ1) is 9.65. The zero-order valence-electron chi connectivity index (χ0n) is 10.8. The largest absolute Gasteiger partial charge is 0.335 e. The molecule has 4 amide bonds. The molecule has 2 N–H and O–H groups in total. The molecule has 106 valence electrons. The molecule has 6 nitrogen and oxygen atoms in total. The molecule has 0 bridgehead atoms. The Morgan fingerprint density at radius 1 is 1.45 bits per heavy atom. The Kier molecular flexibility index (Phi) is 3.43. The number of rotatable bonds is 3. The van der Waals surface area contributed by atoms with E-state index < -0.39 is 18.0 Å². The molecular weight excluding hydrogens is 278 g/mol. The molecule has 0 saturated carbocycles. The van der Waals surface area contributed by atoms with E-state index in [-0.39, 0.29) is 18.4 Å². The summed E-state index contributed by atoms with van der Waals surface area (Å²) in [5, 5.41) is 6.61. The van der Waals surface area contributed by atoms with Crippen molar-refractivity contribution in [1.29, 1.82) is 0 Å². The summed E-state index contributed by atoms with van der Waals surface area (Å²) in [7, 11) is 0. The molecule has 2 aliphatic heterocycles. The lowest BCUT2D eigenvalue weighted by Crippen LogP contribution is -2.38. The lowest BCUT2D eigenvalue weighted by molar-refractivity contribution is -0.134. The Morgan fingerprint density at radius 2 is 2.30 bits per heavy atom. The van der Waals surface area contributed by atoms with Gasteiger partial charge in [-0.05, 0) is 24.3 Å². The normalized spacial score (nSPS) is 25.7. The zero-order chi connectivity index (χ0) is 14.1. The maximum absolute atomic E-state index is 12.4. The molecule has 2 fully saturated rings. The molecule has 1 aromatic heterocycles. The smallest absolute Gasteiger partial charge is 0.322 e. The van der Waals surface area contributed by atoms with Crippen molar-refractivity contribution in [2.45, 2.75) is 31.3 Å². The molecule has 0 aliphatic carbocycles. The van der Waals surface area contributed by atoms with Crippen LogP contribution in [0.4, 0.5) is 4.79 Å². The van der Waals surface area contributed by atoms with Crippen LogP contribution in [0.25, 0.3) is 0 Å². The maximum atomic E-state index is 12.4. The van der Waals surface area contributed by atoms with Crippen LogP contribution in [0.15, 0.2) is 17.5 Å². The number of likely N-dealkylation sites (tertiary alicyclic amines) is 1. The third-order valence-corrected chi connectivity index (χ3v) is 4.66. The van der Waals surface area contributed by atoms with E-state index in [1.165, 1.54) is 4.88 Å². The van der Waals surface area contributed by atoms with E-state index in [0.717, 1.165) is 12.8 Å².